The molecule has 1 aliphatic rings. The Labute approximate surface area is 164 Å². The largest absolute Gasteiger partial charge is 0.457 e. The standard InChI is InChI=1S/C22H25NO3S/c1-12(2)17-9-15(10-18(13(3)4)14(17)5)19-8-7-16(26-19)11-20-21(24)23(6)22(25)27-20/h7-13H,1-6H3/b20-11+. The van der Waals surface area contributed by atoms with Crippen LogP contribution in [-0.4, -0.2) is 23.1 Å². The predicted molar refractivity (Wildman–Crippen MR) is 111 cm³/mol. The van der Waals surface area contributed by atoms with Crippen LogP contribution in [0.3, 0.4) is 0 Å². The van der Waals surface area contributed by atoms with Gasteiger partial charge in [0.15, 0.2) is 0 Å². The number of hydrogen-bond donors (Lipinski definition) is 0. The summed E-state index contributed by atoms with van der Waals surface area (Å²) in [5.41, 5.74) is 5.02. The van der Waals surface area contributed by atoms with Crippen molar-refractivity contribution in [2.45, 2.75) is 46.5 Å². The first kappa shape index (κ1) is 19.5. The van der Waals surface area contributed by atoms with E-state index in [9.17, 15) is 9.59 Å². The molecular weight excluding hydrogens is 358 g/mol. The summed E-state index contributed by atoms with van der Waals surface area (Å²) in [4.78, 5) is 25.2. The second kappa shape index (κ2) is 7.39. The quantitative estimate of drug-likeness (QED) is 0.593. The van der Waals surface area contributed by atoms with Gasteiger partial charge < -0.3 is 4.42 Å². The molecule has 5 heteroatoms. The van der Waals surface area contributed by atoms with Crippen molar-refractivity contribution < 1.29 is 14.0 Å². The maximum absolute atomic E-state index is 12.0. The van der Waals surface area contributed by atoms with E-state index in [4.69, 9.17) is 4.42 Å². The minimum Gasteiger partial charge on any atom is -0.457 e. The number of hydrogen-bond acceptors (Lipinski definition) is 4. The minimum absolute atomic E-state index is 0.264. The topological polar surface area (TPSA) is 50.5 Å². The molecule has 1 saturated heterocycles. The highest BCUT2D eigenvalue weighted by Gasteiger charge is 2.32. The van der Waals surface area contributed by atoms with E-state index in [0.717, 1.165) is 28.0 Å². The molecule has 0 N–H and O–H groups in total. The van der Waals surface area contributed by atoms with Gasteiger partial charge in [-0.25, -0.2) is 0 Å². The van der Waals surface area contributed by atoms with Crippen molar-refractivity contribution in [2.24, 2.45) is 0 Å². The van der Waals surface area contributed by atoms with Crippen LogP contribution in [-0.2, 0) is 4.79 Å². The molecule has 27 heavy (non-hydrogen) atoms. The summed E-state index contributed by atoms with van der Waals surface area (Å²) >= 11 is 0.935. The van der Waals surface area contributed by atoms with Crippen LogP contribution >= 0.6 is 11.8 Å². The Morgan fingerprint density at radius 2 is 1.63 bits per heavy atom. The van der Waals surface area contributed by atoms with Gasteiger partial charge in [0, 0.05) is 18.7 Å². The van der Waals surface area contributed by atoms with Crippen molar-refractivity contribution in [3.63, 3.8) is 0 Å². The molecule has 0 saturated carbocycles. The molecule has 0 atom stereocenters. The van der Waals surface area contributed by atoms with Gasteiger partial charge in [0.2, 0.25) is 0 Å². The van der Waals surface area contributed by atoms with E-state index in [2.05, 4.69) is 46.8 Å². The predicted octanol–water partition coefficient (Wildman–Crippen LogP) is 6.17. The van der Waals surface area contributed by atoms with Gasteiger partial charge in [0.05, 0.1) is 4.91 Å². The molecule has 1 aromatic carbocycles. The van der Waals surface area contributed by atoms with Gasteiger partial charge in [-0.15, -0.1) is 0 Å². The highest BCUT2D eigenvalue weighted by Crippen LogP contribution is 2.35. The molecule has 142 valence electrons. The van der Waals surface area contributed by atoms with Gasteiger partial charge in [0.1, 0.15) is 11.5 Å². The molecule has 0 spiro atoms. The zero-order valence-electron chi connectivity index (χ0n) is 16.6. The number of likely N-dealkylation sites (N-methyl/N-ethyl adjacent to an activating group) is 1. The number of nitrogens with zero attached hydrogens (tertiary/aromatic N) is 1. The second-order valence-electron chi connectivity index (χ2n) is 7.53. The van der Waals surface area contributed by atoms with E-state index in [1.807, 2.05) is 12.1 Å². The molecule has 2 aromatic rings. The lowest BCUT2D eigenvalue weighted by molar-refractivity contribution is -0.121. The Kier molecular flexibility index (Phi) is 5.33. The molecule has 0 aliphatic carbocycles. The average molecular weight is 384 g/mol. The lowest BCUT2D eigenvalue weighted by atomic mass is 9.87. The summed E-state index contributed by atoms with van der Waals surface area (Å²) in [7, 11) is 1.49. The van der Waals surface area contributed by atoms with Crippen molar-refractivity contribution in [1.82, 2.24) is 4.90 Å². The second-order valence-corrected chi connectivity index (χ2v) is 8.53. The lowest BCUT2D eigenvalue weighted by Crippen LogP contribution is -2.22. The summed E-state index contributed by atoms with van der Waals surface area (Å²) in [5, 5.41) is -0.264. The minimum atomic E-state index is -0.289. The van der Waals surface area contributed by atoms with Gasteiger partial charge in [-0.1, -0.05) is 27.7 Å². The fraction of sp³-hybridized carbons (Fsp3) is 0.364. The number of rotatable bonds is 4. The van der Waals surface area contributed by atoms with E-state index in [1.54, 1.807) is 6.08 Å². The van der Waals surface area contributed by atoms with Crippen molar-refractivity contribution in [3.05, 3.63) is 51.6 Å². The van der Waals surface area contributed by atoms with Gasteiger partial charge in [0.25, 0.3) is 11.1 Å². The number of thioether (sulfide) groups is 1. The third-order valence-electron chi connectivity index (χ3n) is 4.90. The van der Waals surface area contributed by atoms with Crippen LogP contribution in [0, 0.1) is 6.92 Å². The smallest absolute Gasteiger partial charge is 0.293 e. The van der Waals surface area contributed by atoms with Gasteiger partial charge in [-0.05, 0) is 71.5 Å². The Hall–Kier alpha value is -2.27. The van der Waals surface area contributed by atoms with Crippen molar-refractivity contribution in [3.8, 4) is 11.3 Å². The van der Waals surface area contributed by atoms with Crippen LogP contribution in [0.15, 0.2) is 33.6 Å². The third-order valence-corrected chi connectivity index (χ3v) is 5.86. The van der Waals surface area contributed by atoms with Crippen LogP contribution in [0.5, 0.6) is 0 Å². The van der Waals surface area contributed by atoms with E-state index in [-0.39, 0.29) is 11.1 Å². The van der Waals surface area contributed by atoms with E-state index in [0.29, 0.717) is 22.5 Å². The summed E-state index contributed by atoms with van der Waals surface area (Å²) in [5.74, 6) is 1.89. The summed E-state index contributed by atoms with van der Waals surface area (Å²) < 4.78 is 5.99. The van der Waals surface area contributed by atoms with E-state index >= 15 is 0 Å². The number of furan rings is 1. The number of carbonyl (C=O) groups excluding carboxylic acids is 2. The summed E-state index contributed by atoms with van der Waals surface area (Å²) in [6.45, 7) is 11.0. The van der Waals surface area contributed by atoms with Crippen molar-refractivity contribution >= 4 is 29.0 Å². The fourth-order valence-electron chi connectivity index (χ4n) is 3.36. The summed E-state index contributed by atoms with van der Waals surface area (Å²) in [6.07, 6.45) is 1.64. The third kappa shape index (κ3) is 3.74. The zero-order valence-corrected chi connectivity index (χ0v) is 17.4. The lowest BCUT2D eigenvalue weighted by Gasteiger charge is -2.18. The molecule has 4 nitrogen and oxygen atoms in total. The number of imide groups is 1. The number of amides is 2. The maximum atomic E-state index is 12.0. The molecule has 0 unspecified atom stereocenters. The van der Waals surface area contributed by atoms with Gasteiger partial charge >= 0.3 is 0 Å². The summed E-state index contributed by atoms with van der Waals surface area (Å²) in [6, 6.07) is 8.13. The molecule has 1 aliphatic heterocycles. The molecule has 0 radical (unpaired) electrons. The Bertz CT molecular complexity index is 908. The average Bonchev–Trinajstić information content (AvgIpc) is 3.16. The molecule has 1 fully saturated rings. The Morgan fingerprint density at radius 1 is 1.04 bits per heavy atom. The molecule has 0 bridgehead atoms. The zero-order chi connectivity index (χ0) is 19.9. The van der Waals surface area contributed by atoms with Gasteiger partial charge in [-0.3, -0.25) is 14.5 Å². The van der Waals surface area contributed by atoms with Gasteiger partial charge in [-0.2, -0.15) is 0 Å². The maximum Gasteiger partial charge on any atom is 0.293 e. The number of carbonyl (C=O) groups is 2. The van der Waals surface area contributed by atoms with Crippen LogP contribution in [0.2, 0.25) is 0 Å². The van der Waals surface area contributed by atoms with Crippen molar-refractivity contribution in [1.29, 1.82) is 0 Å². The molecule has 1 aromatic heterocycles. The highest BCUT2D eigenvalue weighted by molar-refractivity contribution is 8.18. The molecule has 3 rings (SSSR count). The highest BCUT2D eigenvalue weighted by atomic mass is 32.2. The van der Waals surface area contributed by atoms with E-state index in [1.165, 1.54) is 23.7 Å². The van der Waals surface area contributed by atoms with Crippen molar-refractivity contribution in [2.75, 3.05) is 7.05 Å². The molecule has 2 amide bonds. The Balaban J connectivity index is 2.00. The molecular formula is C22H25NO3S. The monoisotopic (exact) mass is 383 g/mol. The number of benzene rings is 1. The van der Waals surface area contributed by atoms with Crippen LogP contribution in [0.25, 0.3) is 17.4 Å². The molecule has 2 heterocycles. The first-order valence-electron chi connectivity index (χ1n) is 9.15. The normalized spacial score (nSPS) is 16.4. The van der Waals surface area contributed by atoms with Crippen LogP contribution < -0.4 is 0 Å². The van der Waals surface area contributed by atoms with E-state index < -0.39 is 0 Å². The Morgan fingerprint density at radius 3 is 2.11 bits per heavy atom. The van der Waals surface area contributed by atoms with Crippen LogP contribution in [0.1, 0.15) is 62.0 Å². The fourth-order valence-corrected chi connectivity index (χ4v) is 4.17. The first-order chi connectivity index (χ1) is 12.7. The van der Waals surface area contributed by atoms with Crippen LogP contribution in [0.4, 0.5) is 4.79 Å². The first-order valence-corrected chi connectivity index (χ1v) is 9.97. The SMILES string of the molecule is Cc1c(C(C)C)cc(-c2ccc(/C=C3/SC(=O)N(C)C3=O)o2)cc1C(C)C.